The molecule has 0 radical (unpaired) electrons. The fourth-order valence-electron chi connectivity index (χ4n) is 1.84. The molecule has 6 nitrogen and oxygen atoms in total. The monoisotopic (exact) mass is 252 g/mol. The molecular formula is C8H11F3N4O2. The van der Waals surface area contributed by atoms with E-state index >= 15 is 0 Å². The molecule has 1 aliphatic heterocycles. The fourth-order valence-corrected chi connectivity index (χ4v) is 1.84. The number of rotatable bonds is 2. The number of hydrogen-bond acceptors (Lipinski definition) is 4. The third kappa shape index (κ3) is 2.67. The largest absolute Gasteiger partial charge is 0.406 e. The summed E-state index contributed by atoms with van der Waals surface area (Å²) in [7, 11) is 0. The third-order valence-corrected chi connectivity index (χ3v) is 2.54. The third-order valence-electron chi connectivity index (χ3n) is 2.54. The number of halogens is 3. The van der Waals surface area contributed by atoms with E-state index in [1.165, 1.54) is 0 Å². The second kappa shape index (κ2) is 4.15. The van der Waals surface area contributed by atoms with Crippen LogP contribution >= 0.6 is 0 Å². The first kappa shape index (κ1) is 12.1. The lowest BCUT2D eigenvalue weighted by Gasteiger charge is -2.12. The average Bonchev–Trinajstić information content (AvgIpc) is 2.73. The molecule has 0 spiro atoms. The highest BCUT2D eigenvalue weighted by atomic mass is 19.4. The van der Waals surface area contributed by atoms with Crippen LogP contribution in [0, 0.1) is 0 Å². The van der Waals surface area contributed by atoms with Crippen LogP contribution in [-0.2, 0) is 6.54 Å². The van der Waals surface area contributed by atoms with Crippen molar-refractivity contribution >= 4 is 0 Å². The van der Waals surface area contributed by atoms with E-state index in [0.717, 1.165) is 0 Å². The zero-order valence-electron chi connectivity index (χ0n) is 8.66. The van der Waals surface area contributed by atoms with Gasteiger partial charge in [-0.15, -0.1) is 0 Å². The van der Waals surface area contributed by atoms with Crippen molar-refractivity contribution in [2.45, 2.75) is 31.3 Å². The maximum atomic E-state index is 12.3. The van der Waals surface area contributed by atoms with E-state index in [-0.39, 0.29) is 18.8 Å². The highest BCUT2D eigenvalue weighted by Crippen LogP contribution is 2.23. The Balaban J connectivity index is 2.26. The summed E-state index contributed by atoms with van der Waals surface area (Å²) in [6, 6.07) is -0.536. The summed E-state index contributed by atoms with van der Waals surface area (Å²) in [6.45, 7) is -1.11. The Labute approximate surface area is 93.4 Å². The van der Waals surface area contributed by atoms with Crippen molar-refractivity contribution in [3.63, 3.8) is 0 Å². The van der Waals surface area contributed by atoms with Gasteiger partial charge in [0.05, 0.1) is 12.1 Å². The Bertz CT molecular complexity index is 452. The Morgan fingerprint density at radius 1 is 1.53 bits per heavy atom. The molecule has 96 valence electrons. The first-order valence-electron chi connectivity index (χ1n) is 5.00. The van der Waals surface area contributed by atoms with E-state index in [4.69, 9.17) is 0 Å². The van der Waals surface area contributed by atoms with Gasteiger partial charge in [-0.25, -0.2) is 9.89 Å². The molecule has 1 saturated heterocycles. The van der Waals surface area contributed by atoms with Gasteiger partial charge in [-0.2, -0.15) is 18.3 Å². The van der Waals surface area contributed by atoms with Gasteiger partial charge in [0, 0.05) is 6.54 Å². The van der Waals surface area contributed by atoms with Crippen LogP contribution in [0.5, 0.6) is 0 Å². The molecule has 0 bridgehead atoms. The summed E-state index contributed by atoms with van der Waals surface area (Å²) in [6.07, 6.45) is -4.88. The predicted molar refractivity (Wildman–Crippen MR) is 50.3 cm³/mol. The van der Waals surface area contributed by atoms with Gasteiger partial charge in [0.25, 0.3) is 0 Å². The van der Waals surface area contributed by atoms with Crippen molar-refractivity contribution in [1.82, 2.24) is 20.1 Å². The van der Waals surface area contributed by atoms with Crippen LogP contribution in [-0.4, -0.2) is 38.7 Å². The predicted octanol–water partition coefficient (Wildman–Crippen LogP) is -0.471. The molecule has 1 aromatic heterocycles. The molecule has 1 fully saturated rings. The number of alkyl halides is 3. The quantitative estimate of drug-likeness (QED) is 0.664. The molecule has 0 unspecified atom stereocenters. The van der Waals surface area contributed by atoms with E-state index in [1.807, 2.05) is 5.10 Å². The van der Waals surface area contributed by atoms with Gasteiger partial charge >= 0.3 is 11.9 Å². The van der Waals surface area contributed by atoms with E-state index in [0.29, 0.717) is 4.57 Å². The van der Waals surface area contributed by atoms with Crippen molar-refractivity contribution in [2.24, 2.45) is 0 Å². The number of aliphatic hydroxyl groups is 1. The van der Waals surface area contributed by atoms with Crippen LogP contribution in [0.1, 0.15) is 18.3 Å². The molecule has 17 heavy (non-hydrogen) atoms. The standard InChI is InChI=1S/C8H11F3N4O2/c9-8(10,11)3-15-6(13-14-7(15)17)5-1-4(16)2-12-5/h4-5,12,16H,1-3H2,(H,14,17)/t4-,5+/m1/s1. The van der Waals surface area contributed by atoms with Gasteiger partial charge in [0.1, 0.15) is 6.54 Å². The number of aromatic amines is 1. The molecule has 2 heterocycles. The molecule has 0 amide bonds. The topological polar surface area (TPSA) is 82.9 Å². The molecule has 0 saturated carbocycles. The summed E-state index contributed by atoms with van der Waals surface area (Å²) in [4.78, 5) is 11.2. The Hall–Kier alpha value is -1.35. The molecule has 2 rings (SSSR count). The second-order valence-corrected chi connectivity index (χ2v) is 3.94. The van der Waals surface area contributed by atoms with Crippen molar-refractivity contribution < 1.29 is 18.3 Å². The lowest BCUT2D eigenvalue weighted by atomic mass is 10.2. The first-order valence-corrected chi connectivity index (χ1v) is 5.00. The van der Waals surface area contributed by atoms with E-state index in [2.05, 4.69) is 10.4 Å². The normalized spacial score (nSPS) is 25.4. The maximum Gasteiger partial charge on any atom is 0.406 e. The summed E-state index contributed by atoms with van der Waals surface area (Å²) < 4.78 is 37.4. The van der Waals surface area contributed by atoms with Crippen molar-refractivity contribution in [3.05, 3.63) is 16.3 Å². The highest BCUT2D eigenvalue weighted by Gasteiger charge is 2.34. The molecule has 1 aliphatic rings. The number of nitrogens with zero attached hydrogens (tertiary/aromatic N) is 2. The molecule has 1 aromatic rings. The maximum absolute atomic E-state index is 12.3. The minimum absolute atomic E-state index is 0.0242. The molecule has 3 N–H and O–H groups in total. The first-order chi connectivity index (χ1) is 7.87. The van der Waals surface area contributed by atoms with E-state index in [1.54, 1.807) is 0 Å². The van der Waals surface area contributed by atoms with Crippen molar-refractivity contribution in [1.29, 1.82) is 0 Å². The summed E-state index contributed by atoms with van der Waals surface area (Å²) in [5.74, 6) is -0.0242. The Morgan fingerprint density at radius 2 is 2.24 bits per heavy atom. The van der Waals surface area contributed by atoms with Crippen LogP contribution in [0.3, 0.4) is 0 Å². The van der Waals surface area contributed by atoms with Gasteiger partial charge in [-0.05, 0) is 6.42 Å². The number of aliphatic hydroxyl groups excluding tert-OH is 1. The van der Waals surface area contributed by atoms with Crippen LogP contribution in [0.25, 0.3) is 0 Å². The highest BCUT2D eigenvalue weighted by molar-refractivity contribution is 5.00. The zero-order valence-corrected chi connectivity index (χ0v) is 8.66. The molecule has 0 aliphatic carbocycles. The molecule has 2 atom stereocenters. The minimum Gasteiger partial charge on any atom is -0.392 e. The van der Waals surface area contributed by atoms with Gasteiger partial charge in [0.2, 0.25) is 0 Å². The SMILES string of the molecule is O=c1[nH]nc([C@@H]2C[C@@H](O)CN2)n1CC(F)(F)F. The molecule has 9 heteroatoms. The van der Waals surface area contributed by atoms with Crippen LogP contribution in [0.4, 0.5) is 13.2 Å². The van der Waals surface area contributed by atoms with Gasteiger partial charge in [0.15, 0.2) is 5.82 Å². The van der Waals surface area contributed by atoms with Crippen LogP contribution < -0.4 is 11.0 Å². The van der Waals surface area contributed by atoms with E-state index in [9.17, 15) is 23.1 Å². The summed E-state index contributed by atoms with van der Waals surface area (Å²) >= 11 is 0. The molecular weight excluding hydrogens is 241 g/mol. The smallest absolute Gasteiger partial charge is 0.392 e. The van der Waals surface area contributed by atoms with Crippen LogP contribution in [0.15, 0.2) is 4.79 Å². The molecule has 0 aromatic carbocycles. The fraction of sp³-hybridized carbons (Fsp3) is 0.750. The van der Waals surface area contributed by atoms with Crippen LogP contribution in [0.2, 0.25) is 0 Å². The lowest BCUT2D eigenvalue weighted by Crippen LogP contribution is -2.30. The lowest BCUT2D eigenvalue weighted by molar-refractivity contribution is -0.141. The Kier molecular flexibility index (Phi) is 2.96. The van der Waals surface area contributed by atoms with Crippen molar-refractivity contribution in [2.75, 3.05) is 6.54 Å². The summed E-state index contributed by atoms with van der Waals surface area (Å²) in [5.41, 5.74) is -0.902. The number of hydrogen-bond donors (Lipinski definition) is 3. The average molecular weight is 252 g/mol. The number of aromatic nitrogens is 3. The minimum atomic E-state index is -4.49. The number of β-amino-alcohol motifs (C(OH)–C–C–N with tert-alkyl or cyclic N) is 1. The Morgan fingerprint density at radius 3 is 2.76 bits per heavy atom. The van der Waals surface area contributed by atoms with Crippen molar-refractivity contribution in [3.8, 4) is 0 Å². The zero-order chi connectivity index (χ0) is 12.6. The van der Waals surface area contributed by atoms with Gasteiger partial charge in [-0.1, -0.05) is 0 Å². The summed E-state index contributed by atoms with van der Waals surface area (Å²) in [5, 5.41) is 17.6. The van der Waals surface area contributed by atoms with E-state index < -0.39 is 30.6 Å². The number of nitrogens with one attached hydrogen (secondary N) is 2. The van der Waals surface area contributed by atoms with Gasteiger partial charge in [-0.3, -0.25) is 4.57 Å². The second-order valence-electron chi connectivity index (χ2n) is 3.94. The number of H-pyrrole nitrogens is 1. The van der Waals surface area contributed by atoms with Gasteiger partial charge < -0.3 is 10.4 Å².